The Kier molecular flexibility index (Phi) is 3.97. The van der Waals surface area contributed by atoms with E-state index in [1.54, 1.807) is 18.8 Å². The topological polar surface area (TPSA) is 127 Å². The second kappa shape index (κ2) is 5.25. The molecule has 0 spiro atoms. The molecule has 1 aromatic rings. The largest absolute Gasteiger partial charge is 0.352 e. The first kappa shape index (κ1) is 13.6. The summed E-state index contributed by atoms with van der Waals surface area (Å²) in [7, 11) is 0. The summed E-state index contributed by atoms with van der Waals surface area (Å²) in [6.07, 6.45) is 0.751. The van der Waals surface area contributed by atoms with Gasteiger partial charge in [-0.2, -0.15) is 0 Å². The molecule has 0 unspecified atom stereocenters. The van der Waals surface area contributed by atoms with E-state index in [1.165, 1.54) is 0 Å². The minimum absolute atomic E-state index is 0.119. The van der Waals surface area contributed by atoms with Gasteiger partial charge in [0.1, 0.15) is 6.54 Å². The molecular weight excluding hydrogens is 244 g/mol. The molecule has 0 aliphatic heterocycles. The lowest BCUT2D eigenvalue weighted by Crippen LogP contribution is -2.38. The highest BCUT2D eigenvalue weighted by atomic mass is 16.6. The van der Waals surface area contributed by atoms with Crippen LogP contribution in [-0.4, -0.2) is 26.4 Å². The molecule has 2 N–H and O–H groups in total. The van der Waals surface area contributed by atoms with Crippen LogP contribution in [-0.2, 0) is 11.3 Å². The number of carbonyl (C=O) groups excluding carboxylic acids is 1. The van der Waals surface area contributed by atoms with Gasteiger partial charge in [0.15, 0.2) is 0 Å². The molecule has 98 valence electrons. The number of amides is 1. The number of nitrogens with one attached hydrogen (secondary N) is 2. The number of H-pyrrole nitrogens is 1. The highest BCUT2D eigenvalue weighted by Gasteiger charge is 2.16. The maximum Gasteiger partial charge on any atom is 0.350 e. The normalized spacial score (nSPS) is 10.4. The summed E-state index contributed by atoms with van der Waals surface area (Å²) in [6.45, 7) is 3.07. The van der Waals surface area contributed by atoms with Gasteiger partial charge in [-0.15, -0.1) is 0 Å². The van der Waals surface area contributed by atoms with E-state index in [2.05, 4.69) is 5.32 Å². The van der Waals surface area contributed by atoms with Crippen molar-refractivity contribution < 1.29 is 9.72 Å². The van der Waals surface area contributed by atoms with E-state index < -0.39 is 34.3 Å². The third kappa shape index (κ3) is 3.27. The maximum absolute atomic E-state index is 11.4. The highest BCUT2D eigenvalue weighted by molar-refractivity contribution is 5.75. The Labute approximate surface area is 101 Å². The van der Waals surface area contributed by atoms with Crippen LogP contribution in [0.2, 0.25) is 0 Å². The zero-order valence-electron chi connectivity index (χ0n) is 9.80. The molecule has 9 heteroatoms. The van der Waals surface area contributed by atoms with E-state index in [0.717, 1.165) is 10.8 Å². The molecule has 1 rings (SSSR count). The van der Waals surface area contributed by atoms with Gasteiger partial charge in [0.2, 0.25) is 5.91 Å². The van der Waals surface area contributed by atoms with E-state index in [0.29, 0.717) is 0 Å². The van der Waals surface area contributed by atoms with Crippen molar-refractivity contribution in [3.8, 4) is 0 Å². The summed E-state index contributed by atoms with van der Waals surface area (Å²) in [5.74, 6) is -0.478. The van der Waals surface area contributed by atoms with Crippen LogP contribution in [0.25, 0.3) is 0 Å². The Bertz CT molecular complexity index is 585. The first-order valence-corrected chi connectivity index (χ1v) is 5.08. The second-order valence-electron chi connectivity index (χ2n) is 3.88. The molecule has 0 atom stereocenters. The number of nitro groups is 1. The van der Waals surface area contributed by atoms with E-state index in [-0.39, 0.29) is 6.04 Å². The van der Waals surface area contributed by atoms with Crippen molar-refractivity contribution in [2.75, 3.05) is 0 Å². The fraction of sp³-hybridized carbons (Fsp3) is 0.444. The number of hydrogen-bond donors (Lipinski definition) is 2. The predicted octanol–water partition coefficient (Wildman–Crippen LogP) is -1.03. The summed E-state index contributed by atoms with van der Waals surface area (Å²) in [5, 5.41) is 13.0. The van der Waals surface area contributed by atoms with Gasteiger partial charge in [-0.25, -0.2) is 4.79 Å². The average molecular weight is 256 g/mol. The fourth-order valence-corrected chi connectivity index (χ4v) is 1.27. The zero-order chi connectivity index (χ0) is 13.9. The predicted molar refractivity (Wildman–Crippen MR) is 61.3 cm³/mol. The molecule has 1 aromatic heterocycles. The van der Waals surface area contributed by atoms with Crippen molar-refractivity contribution in [1.82, 2.24) is 14.9 Å². The minimum Gasteiger partial charge on any atom is -0.352 e. The van der Waals surface area contributed by atoms with Crippen LogP contribution in [0.15, 0.2) is 15.8 Å². The van der Waals surface area contributed by atoms with Gasteiger partial charge >= 0.3 is 16.9 Å². The quantitative estimate of drug-likeness (QED) is 0.526. The third-order valence-electron chi connectivity index (χ3n) is 1.95. The van der Waals surface area contributed by atoms with Gasteiger partial charge in [-0.1, -0.05) is 0 Å². The number of hydrogen-bond acceptors (Lipinski definition) is 5. The Morgan fingerprint density at radius 1 is 1.56 bits per heavy atom. The highest BCUT2D eigenvalue weighted by Crippen LogP contribution is 1.98. The van der Waals surface area contributed by atoms with Gasteiger partial charge in [0.25, 0.3) is 0 Å². The molecule has 1 heterocycles. The summed E-state index contributed by atoms with van der Waals surface area (Å²) in [5.41, 5.74) is -2.75. The SMILES string of the molecule is CC(C)NC(=O)Cn1cc([N+](=O)[O-])c(=O)[nH]c1=O. The molecule has 0 saturated heterocycles. The summed E-state index contributed by atoms with van der Waals surface area (Å²) >= 11 is 0. The number of rotatable bonds is 4. The first-order valence-electron chi connectivity index (χ1n) is 5.08. The Morgan fingerprint density at radius 2 is 2.17 bits per heavy atom. The van der Waals surface area contributed by atoms with Crippen molar-refractivity contribution in [1.29, 1.82) is 0 Å². The Hall–Kier alpha value is -2.45. The molecule has 0 aromatic carbocycles. The van der Waals surface area contributed by atoms with Crippen molar-refractivity contribution >= 4 is 11.6 Å². The van der Waals surface area contributed by atoms with Crippen molar-refractivity contribution in [3.63, 3.8) is 0 Å². The van der Waals surface area contributed by atoms with Crippen molar-refractivity contribution in [2.45, 2.75) is 26.4 Å². The summed E-state index contributed by atoms with van der Waals surface area (Å²) in [6, 6.07) is -0.119. The van der Waals surface area contributed by atoms with E-state index in [4.69, 9.17) is 0 Å². The molecule has 0 aliphatic rings. The first-order chi connectivity index (χ1) is 8.31. The molecular formula is C9H12N4O5. The minimum atomic E-state index is -1.09. The van der Waals surface area contributed by atoms with Crippen LogP contribution in [0, 0.1) is 10.1 Å². The maximum atomic E-state index is 11.4. The summed E-state index contributed by atoms with van der Waals surface area (Å²) < 4.78 is 0.775. The van der Waals surface area contributed by atoms with Crippen LogP contribution in [0.3, 0.4) is 0 Å². The molecule has 9 nitrogen and oxygen atoms in total. The molecule has 18 heavy (non-hydrogen) atoms. The van der Waals surface area contributed by atoms with Crippen LogP contribution >= 0.6 is 0 Å². The Balaban J connectivity index is 3.07. The van der Waals surface area contributed by atoms with Crippen molar-refractivity contribution in [2.24, 2.45) is 0 Å². The lowest BCUT2D eigenvalue weighted by molar-refractivity contribution is -0.386. The molecule has 0 aliphatic carbocycles. The van der Waals surface area contributed by atoms with Crippen LogP contribution in [0.1, 0.15) is 13.8 Å². The molecule has 0 fully saturated rings. The standard InChI is InChI=1S/C9H12N4O5/c1-5(2)10-7(14)4-12-3-6(13(17)18)8(15)11-9(12)16/h3,5H,4H2,1-2H3,(H,10,14)(H,11,15,16). The number of nitrogens with zero attached hydrogens (tertiary/aromatic N) is 2. The lowest BCUT2D eigenvalue weighted by atomic mass is 10.4. The number of carbonyl (C=O) groups is 1. The van der Waals surface area contributed by atoms with E-state index >= 15 is 0 Å². The molecule has 0 bridgehead atoms. The van der Waals surface area contributed by atoms with Gasteiger partial charge < -0.3 is 5.32 Å². The fourth-order valence-electron chi connectivity index (χ4n) is 1.27. The second-order valence-corrected chi connectivity index (χ2v) is 3.88. The van der Waals surface area contributed by atoms with Gasteiger partial charge in [0.05, 0.1) is 11.1 Å². The number of aromatic amines is 1. The zero-order valence-corrected chi connectivity index (χ0v) is 9.80. The molecule has 0 saturated carbocycles. The van der Waals surface area contributed by atoms with Gasteiger partial charge in [0, 0.05) is 6.04 Å². The molecule has 0 radical (unpaired) electrons. The van der Waals surface area contributed by atoms with Crippen molar-refractivity contribution in [3.05, 3.63) is 37.1 Å². The lowest BCUT2D eigenvalue weighted by Gasteiger charge is -2.09. The van der Waals surface area contributed by atoms with Gasteiger partial charge in [-0.05, 0) is 13.8 Å². The van der Waals surface area contributed by atoms with Crippen LogP contribution in [0.4, 0.5) is 5.69 Å². The molecule has 1 amide bonds. The monoisotopic (exact) mass is 256 g/mol. The van der Waals surface area contributed by atoms with Gasteiger partial charge in [-0.3, -0.25) is 29.3 Å². The van der Waals surface area contributed by atoms with Crippen LogP contribution in [0.5, 0.6) is 0 Å². The third-order valence-corrected chi connectivity index (χ3v) is 1.95. The van der Waals surface area contributed by atoms with E-state index in [1.807, 2.05) is 0 Å². The van der Waals surface area contributed by atoms with Crippen LogP contribution < -0.4 is 16.6 Å². The van der Waals surface area contributed by atoms with E-state index in [9.17, 15) is 24.5 Å². The summed E-state index contributed by atoms with van der Waals surface area (Å²) in [4.78, 5) is 45.2. The smallest absolute Gasteiger partial charge is 0.350 e. The number of aromatic nitrogens is 2. The average Bonchev–Trinajstić information content (AvgIpc) is 2.20. The Morgan fingerprint density at radius 3 is 2.67 bits per heavy atom.